The summed E-state index contributed by atoms with van der Waals surface area (Å²) in [6.45, 7) is 6.80. The van der Waals surface area contributed by atoms with Crippen LogP contribution in [0, 0.1) is 5.41 Å². The van der Waals surface area contributed by atoms with Gasteiger partial charge >= 0.3 is 0 Å². The van der Waals surface area contributed by atoms with E-state index in [1.807, 2.05) is 36.0 Å². The second-order valence-corrected chi connectivity index (χ2v) is 8.76. The highest BCUT2D eigenvalue weighted by Gasteiger charge is 2.51. The predicted octanol–water partition coefficient (Wildman–Crippen LogP) is 3.68. The molecule has 0 spiro atoms. The summed E-state index contributed by atoms with van der Waals surface area (Å²) >= 11 is 0. The first kappa shape index (κ1) is 19.5. The number of nitrogens with one attached hydrogen (secondary N) is 2. The molecule has 1 aromatic carbocycles. The molecule has 29 heavy (non-hydrogen) atoms. The van der Waals surface area contributed by atoms with Gasteiger partial charge < -0.3 is 16.4 Å². The minimum Gasteiger partial charge on any atom is -0.379 e. The monoisotopic (exact) mass is 391 g/mol. The number of nitrogens with zero attached hydrogens (tertiary/aromatic N) is 2. The zero-order chi connectivity index (χ0) is 20.8. The summed E-state index contributed by atoms with van der Waals surface area (Å²) in [5.74, 6) is -0.475. The first-order valence-corrected chi connectivity index (χ1v) is 10.1. The van der Waals surface area contributed by atoms with Crippen molar-refractivity contribution in [2.75, 3.05) is 12.4 Å². The molecular weight excluding hydrogens is 362 g/mol. The number of primary amides is 1. The van der Waals surface area contributed by atoms with Gasteiger partial charge in [0, 0.05) is 28.8 Å². The van der Waals surface area contributed by atoms with Crippen molar-refractivity contribution in [3.05, 3.63) is 54.4 Å². The van der Waals surface area contributed by atoms with Crippen molar-refractivity contribution in [2.45, 2.75) is 45.2 Å². The SMILES string of the molecule is CNC1(C)CCC(Nc2c(C(N)=O)cnn3cc(-c4ccccc4)cc23)C1(C)C. The standard InChI is InChI=1S/C23H29N5O/c1-22(2)19(10-11-23(22,3)25-4)27-20-17(21(24)29)13-26-28-14-16(12-18(20)28)15-8-6-5-7-9-15/h5-9,12-14,19,25,27H,10-11H2,1-4H3,(H2,24,29). The van der Waals surface area contributed by atoms with Crippen molar-refractivity contribution >= 4 is 17.1 Å². The maximum Gasteiger partial charge on any atom is 0.252 e. The van der Waals surface area contributed by atoms with Crippen molar-refractivity contribution < 1.29 is 4.79 Å². The van der Waals surface area contributed by atoms with E-state index in [1.54, 1.807) is 6.20 Å². The lowest BCUT2D eigenvalue weighted by atomic mass is 9.74. The van der Waals surface area contributed by atoms with Crippen molar-refractivity contribution in [2.24, 2.45) is 11.1 Å². The molecule has 2 heterocycles. The van der Waals surface area contributed by atoms with Crippen LogP contribution in [-0.4, -0.2) is 34.1 Å². The largest absolute Gasteiger partial charge is 0.379 e. The van der Waals surface area contributed by atoms with Crippen LogP contribution in [0.15, 0.2) is 48.8 Å². The molecular formula is C23H29N5O. The number of hydrogen-bond donors (Lipinski definition) is 3. The van der Waals surface area contributed by atoms with Gasteiger partial charge in [-0.1, -0.05) is 44.2 Å². The summed E-state index contributed by atoms with van der Waals surface area (Å²) < 4.78 is 1.82. The average molecular weight is 392 g/mol. The summed E-state index contributed by atoms with van der Waals surface area (Å²) in [4.78, 5) is 12.2. The number of rotatable bonds is 5. The van der Waals surface area contributed by atoms with E-state index in [0.29, 0.717) is 5.56 Å². The van der Waals surface area contributed by atoms with E-state index in [9.17, 15) is 4.79 Å². The lowest BCUT2D eigenvalue weighted by Gasteiger charge is -2.42. The molecule has 0 saturated heterocycles. The molecule has 152 valence electrons. The Hall–Kier alpha value is -2.86. The fourth-order valence-corrected chi connectivity index (χ4v) is 4.56. The van der Waals surface area contributed by atoms with Crippen molar-refractivity contribution in [1.82, 2.24) is 14.9 Å². The molecule has 4 rings (SSSR count). The van der Waals surface area contributed by atoms with Crippen LogP contribution in [0.2, 0.25) is 0 Å². The molecule has 1 fully saturated rings. The second kappa shape index (κ2) is 6.88. The lowest BCUT2D eigenvalue weighted by Crippen LogP contribution is -2.53. The Morgan fingerprint density at radius 3 is 2.55 bits per heavy atom. The van der Waals surface area contributed by atoms with Crippen molar-refractivity contribution in [3.8, 4) is 11.1 Å². The van der Waals surface area contributed by atoms with Crippen LogP contribution in [0.5, 0.6) is 0 Å². The summed E-state index contributed by atoms with van der Waals surface area (Å²) in [5, 5.41) is 11.6. The van der Waals surface area contributed by atoms with E-state index in [0.717, 1.165) is 35.2 Å². The normalized spacial score (nSPS) is 23.4. The maximum atomic E-state index is 12.2. The molecule has 2 aromatic heterocycles. The van der Waals surface area contributed by atoms with Gasteiger partial charge in [0.05, 0.1) is 23.0 Å². The van der Waals surface area contributed by atoms with Crippen LogP contribution in [0.3, 0.4) is 0 Å². The van der Waals surface area contributed by atoms with Gasteiger partial charge in [-0.25, -0.2) is 4.52 Å². The van der Waals surface area contributed by atoms with Crippen molar-refractivity contribution in [3.63, 3.8) is 0 Å². The van der Waals surface area contributed by atoms with Crippen LogP contribution < -0.4 is 16.4 Å². The van der Waals surface area contributed by atoms with Gasteiger partial charge in [-0.05, 0) is 38.4 Å². The smallest absolute Gasteiger partial charge is 0.252 e. The highest BCUT2D eigenvalue weighted by atomic mass is 16.1. The quantitative estimate of drug-likeness (QED) is 0.619. The van der Waals surface area contributed by atoms with E-state index in [4.69, 9.17) is 5.73 Å². The molecule has 0 bridgehead atoms. The molecule has 1 saturated carbocycles. The summed E-state index contributed by atoms with van der Waals surface area (Å²) in [6, 6.07) is 12.4. The number of amides is 1. The second-order valence-electron chi connectivity index (χ2n) is 8.76. The molecule has 1 aliphatic carbocycles. The molecule has 2 unspecified atom stereocenters. The predicted molar refractivity (Wildman–Crippen MR) is 117 cm³/mol. The number of fused-ring (bicyclic) bond motifs is 1. The highest BCUT2D eigenvalue weighted by Crippen LogP contribution is 2.47. The van der Waals surface area contributed by atoms with Gasteiger partial charge in [-0.3, -0.25) is 4.79 Å². The van der Waals surface area contributed by atoms with Crippen LogP contribution in [0.1, 0.15) is 44.0 Å². The van der Waals surface area contributed by atoms with Gasteiger partial charge in [-0.15, -0.1) is 0 Å². The number of anilines is 1. The minimum atomic E-state index is -0.475. The number of carbonyl (C=O) groups excluding carboxylic acids is 1. The Labute approximate surface area is 171 Å². The molecule has 3 aromatic rings. The number of hydrogen-bond acceptors (Lipinski definition) is 4. The molecule has 2 atom stereocenters. The Morgan fingerprint density at radius 1 is 1.21 bits per heavy atom. The van der Waals surface area contributed by atoms with Crippen LogP contribution in [-0.2, 0) is 0 Å². The molecule has 1 amide bonds. The Morgan fingerprint density at radius 2 is 1.93 bits per heavy atom. The molecule has 0 aliphatic heterocycles. The van der Waals surface area contributed by atoms with Crippen LogP contribution in [0.25, 0.3) is 16.6 Å². The molecule has 1 aliphatic rings. The Bertz CT molecular complexity index is 1060. The van der Waals surface area contributed by atoms with E-state index < -0.39 is 5.91 Å². The first-order valence-electron chi connectivity index (χ1n) is 10.1. The molecule has 0 radical (unpaired) electrons. The van der Waals surface area contributed by atoms with Gasteiger partial charge in [-0.2, -0.15) is 5.10 Å². The van der Waals surface area contributed by atoms with Crippen molar-refractivity contribution in [1.29, 1.82) is 0 Å². The fourth-order valence-electron chi connectivity index (χ4n) is 4.56. The summed E-state index contributed by atoms with van der Waals surface area (Å²) in [7, 11) is 2.02. The Kier molecular flexibility index (Phi) is 4.62. The van der Waals surface area contributed by atoms with E-state index in [1.165, 1.54) is 0 Å². The number of nitrogens with two attached hydrogens (primary N) is 1. The number of benzene rings is 1. The average Bonchev–Trinajstić information content (AvgIpc) is 3.24. The number of carbonyl (C=O) groups is 1. The van der Waals surface area contributed by atoms with Gasteiger partial charge in [0.1, 0.15) is 0 Å². The van der Waals surface area contributed by atoms with Gasteiger partial charge in [0.2, 0.25) is 0 Å². The Balaban J connectivity index is 1.81. The maximum absolute atomic E-state index is 12.2. The van der Waals surface area contributed by atoms with E-state index in [2.05, 4.69) is 54.7 Å². The topological polar surface area (TPSA) is 84.5 Å². The highest BCUT2D eigenvalue weighted by molar-refractivity contribution is 6.02. The fraction of sp³-hybridized carbons (Fsp3) is 0.391. The van der Waals surface area contributed by atoms with E-state index in [-0.39, 0.29) is 17.0 Å². The summed E-state index contributed by atoms with van der Waals surface area (Å²) in [6.07, 6.45) is 5.60. The third-order valence-corrected chi connectivity index (χ3v) is 7.11. The third kappa shape index (κ3) is 3.08. The minimum absolute atomic E-state index is 0.0120. The summed E-state index contributed by atoms with van der Waals surface area (Å²) in [5.41, 5.74) is 9.88. The van der Waals surface area contributed by atoms with E-state index >= 15 is 0 Å². The zero-order valence-electron chi connectivity index (χ0n) is 17.5. The molecule has 6 heteroatoms. The number of aromatic nitrogens is 2. The van der Waals surface area contributed by atoms with Gasteiger partial charge in [0.15, 0.2) is 0 Å². The lowest BCUT2D eigenvalue weighted by molar-refractivity contribution is 0.100. The zero-order valence-corrected chi connectivity index (χ0v) is 17.5. The van der Waals surface area contributed by atoms with Crippen LogP contribution >= 0.6 is 0 Å². The third-order valence-electron chi connectivity index (χ3n) is 7.11. The van der Waals surface area contributed by atoms with Gasteiger partial charge in [0.25, 0.3) is 5.91 Å². The molecule has 4 N–H and O–H groups in total. The molecule has 6 nitrogen and oxygen atoms in total. The first-order chi connectivity index (χ1) is 13.8. The van der Waals surface area contributed by atoms with Crippen LogP contribution in [0.4, 0.5) is 5.69 Å².